The van der Waals surface area contributed by atoms with Crippen LogP contribution in [-0.4, -0.2) is 46.6 Å². The Hall–Kier alpha value is -2.27. The maximum absolute atomic E-state index is 11.6. The molecule has 1 atom stereocenters. The van der Waals surface area contributed by atoms with Crippen LogP contribution in [-0.2, 0) is 19.8 Å². The molecule has 0 aliphatic heterocycles. The number of carbonyl (C=O) groups is 2. The van der Waals surface area contributed by atoms with Crippen molar-refractivity contribution in [2.45, 2.75) is 18.9 Å². The molecule has 0 saturated heterocycles. The van der Waals surface area contributed by atoms with Gasteiger partial charge in [0.05, 0.1) is 0 Å². The minimum atomic E-state index is -4.23. The highest BCUT2D eigenvalue weighted by Crippen LogP contribution is 2.03. The van der Waals surface area contributed by atoms with Crippen LogP contribution in [0.25, 0.3) is 0 Å². The fourth-order valence-electron chi connectivity index (χ4n) is 1.19. The lowest BCUT2D eigenvalue weighted by Gasteiger charge is -2.14. The number of anilines is 1. The number of carboxylic acids is 2. The van der Waals surface area contributed by atoms with Crippen LogP contribution in [0.2, 0.25) is 0 Å². The highest BCUT2D eigenvalue weighted by atomic mass is 32.2. The van der Waals surface area contributed by atoms with Gasteiger partial charge in [-0.05, 0) is 12.5 Å². The van der Waals surface area contributed by atoms with Gasteiger partial charge < -0.3 is 10.2 Å². The molecule has 10 nitrogen and oxygen atoms in total. The van der Waals surface area contributed by atoms with Gasteiger partial charge in [0, 0.05) is 18.8 Å². The molecule has 0 fully saturated rings. The average molecular weight is 304 g/mol. The van der Waals surface area contributed by atoms with E-state index in [1.807, 2.05) is 9.44 Å². The average Bonchev–Trinajstić information content (AvgIpc) is 2.34. The van der Waals surface area contributed by atoms with E-state index < -0.39 is 34.6 Å². The molecule has 4 N–H and O–H groups in total. The lowest BCUT2D eigenvalue weighted by molar-refractivity contribution is -0.140. The topological polar surface area (TPSA) is 159 Å². The Balaban J connectivity index is 2.71. The second-order valence-electron chi connectivity index (χ2n) is 3.62. The second kappa shape index (κ2) is 6.77. The van der Waals surface area contributed by atoms with Gasteiger partial charge >= 0.3 is 22.1 Å². The van der Waals surface area contributed by atoms with Crippen LogP contribution in [0, 0.1) is 0 Å². The van der Waals surface area contributed by atoms with Crippen molar-refractivity contribution in [1.82, 2.24) is 14.7 Å². The molecule has 0 saturated carbocycles. The Kier molecular flexibility index (Phi) is 5.34. The van der Waals surface area contributed by atoms with Crippen molar-refractivity contribution in [1.29, 1.82) is 0 Å². The molecule has 0 aliphatic rings. The highest BCUT2D eigenvalue weighted by Gasteiger charge is 2.25. The quantitative estimate of drug-likeness (QED) is 0.478. The zero-order valence-corrected chi connectivity index (χ0v) is 10.9. The maximum Gasteiger partial charge on any atom is 0.321 e. The van der Waals surface area contributed by atoms with Gasteiger partial charge in [0.25, 0.3) is 0 Å². The van der Waals surface area contributed by atoms with Gasteiger partial charge in [-0.15, -0.1) is 0 Å². The Morgan fingerprint density at radius 3 is 2.35 bits per heavy atom. The van der Waals surface area contributed by atoms with Gasteiger partial charge in [-0.25, -0.2) is 14.7 Å². The first kappa shape index (κ1) is 15.8. The summed E-state index contributed by atoms with van der Waals surface area (Å²) in [4.78, 5) is 28.5. The number of nitrogens with one attached hydrogen (secondary N) is 2. The molecule has 11 heteroatoms. The fraction of sp³-hybridized carbons (Fsp3) is 0.333. The van der Waals surface area contributed by atoms with Gasteiger partial charge in [-0.3, -0.25) is 9.59 Å². The normalized spacial score (nSPS) is 12.6. The molecule has 0 amide bonds. The fourth-order valence-corrected chi connectivity index (χ4v) is 2.19. The number of aliphatic carboxylic acids is 2. The van der Waals surface area contributed by atoms with E-state index in [9.17, 15) is 18.0 Å². The molecule has 0 aliphatic carbocycles. The van der Waals surface area contributed by atoms with Gasteiger partial charge in [0.2, 0.25) is 5.95 Å². The van der Waals surface area contributed by atoms with E-state index in [1.54, 1.807) is 0 Å². The van der Waals surface area contributed by atoms with E-state index in [2.05, 4.69) is 9.97 Å². The zero-order chi connectivity index (χ0) is 15.2. The number of hydrogen-bond acceptors (Lipinski definition) is 6. The van der Waals surface area contributed by atoms with E-state index >= 15 is 0 Å². The van der Waals surface area contributed by atoms with E-state index in [1.165, 1.54) is 18.5 Å². The summed E-state index contributed by atoms with van der Waals surface area (Å²) in [7, 11) is -4.23. The zero-order valence-electron chi connectivity index (χ0n) is 10.1. The predicted octanol–water partition coefficient (Wildman–Crippen LogP) is -0.959. The number of hydrogen-bond donors (Lipinski definition) is 4. The summed E-state index contributed by atoms with van der Waals surface area (Å²) in [5.74, 6) is -2.94. The Bertz CT molecular complexity index is 575. The number of aromatic nitrogens is 2. The van der Waals surface area contributed by atoms with Crippen LogP contribution in [0.15, 0.2) is 18.5 Å². The second-order valence-corrected chi connectivity index (χ2v) is 5.07. The Labute approximate surface area is 114 Å². The summed E-state index contributed by atoms with van der Waals surface area (Å²) in [5.41, 5.74) is 0. The molecule has 110 valence electrons. The smallest absolute Gasteiger partial charge is 0.321 e. The first-order chi connectivity index (χ1) is 9.30. The third-order valence-electron chi connectivity index (χ3n) is 2.03. The summed E-state index contributed by atoms with van der Waals surface area (Å²) in [6.45, 7) is 0. The standard InChI is InChI=1S/C9H12N4O6S/c14-7(15)3-2-6(8(16)17)12-20(18,19)13-9-10-4-1-5-11-9/h1,4-6,12H,2-3H2,(H,14,15)(H,16,17)(H,10,11,13)/t6-/m0/s1. The van der Waals surface area contributed by atoms with Gasteiger partial charge in [-0.1, -0.05) is 0 Å². The monoisotopic (exact) mass is 304 g/mol. The third kappa shape index (κ3) is 5.58. The third-order valence-corrected chi connectivity index (χ3v) is 3.08. The number of rotatable bonds is 8. The number of carboxylic acid groups (broad SMARTS) is 2. The maximum atomic E-state index is 11.6. The largest absolute Gasteiger partial charge is 0.481 e. The van der Waals surface area contributed by atoms with E-state index in [0.717, 1.165) is 0 Å². The van der Waals surface area contributed by atoms with Gasteiger partial charge in [-0.2, -0.15) is 13.1 Å². The van der Waals surface area contributed by atoms with Crippen LogP contribution in [0.5, 0.6) is 0 Å². The van der Waals surface area contributed by atoms with Gasteiger partial charge in [0.15, 0.2) is 0 Å². The van der Waals surface area contributed by atoms with Crippen molar-refractivity contribution in [3.8, 4) is 0 Å². The van der Waals surface area contributed by atoms with Crippen LogP contribution < -0.4 is 9.44 Å². The van der Waals surface area contributed by atoms with Crippen molar-refractivity contribution >= 4 is 28.1 Å². The van der Waals surface area contributed by atoms with Gasteiger partial charge in [0.1, 0.15) is 6.04 Å². The van der Waals surface area contributed by atoms with Crippen molar-refractivity contribution in [3.05, 3.63) is 18.5 Å². The van der Waals surface area contributed by atoms with E-state index in [0.29, 0.717) is 0 Å². The van der Waals surface area contributed by atoms with E-state index in [-0.39, 0.29) is 12.4 Å². The summed E-state index contributed by atoms with van der Waals surface area (Å²) >= 11 is 0. The minimum absolute atomic E-state index is 0.234. The number of nitrogens with zero attached hydrogens (tertiary/aromatic N) is 2. The molecule has 1 heterocycles. The van der Waals surface area contributed by atoms with Crippen LogP contribution in [0.1, 0.15) is 12.8 Å². The molecule has 1 rings (SSSR count). The molecular formula is C9H12N4O6S. The Morgan fingerprint density at radius 1 is 1.25 bits per heavy atom. The van der Waals surface area contributed by atoms with Crippen molar-refractivity contribution in [2.24, 2.45) is 0 Å². The molecular weight excluding hydrogens is 292 g/mol. The van der Waals surface area contributed by atoms with Crippen molar-refractivity contribution < 1.29 is 28.2 Å². The molecule has 1 aromatic heterocycles. The first-order valence-electron chi connectivity index (χ1n) is 5.32. The first-order valence-corrected chi connectivity index (χ1v) is 6.80. The molecule has 0 spiro atoms. The lowest BCUT2D eigenvalue weighted by Crippen LogP contribution is -2.43. The lowest BCUT2D eigenvalue weighted by atomic mass is 10.2. The summed E-state index contributed by atoms with van der Waals surface area (Å²) < 4.78 is 27.0. The molecule has 0 bridgehead atoms. The molecule has 1 aromatic rings. The molecule has 0 aromatic carbocycles. The van der Waals surface area contributed by atoms with Crippen LogP contribution >= 0.6 is 0 Å². The SMILES string of the molecule is O=C(O)CC[C@H](NS(=O)(=O)Nc1ncccn1)C(=O)O. The van der Waals surface area contributed by atoms with Crippen molar-refractivity contribution in [2.75, 3.05) is 4.72 Å². The predicted molar refractivity (Wildman–Crippen MR) is 66.0 cm³/mol. The summed E-state index contributed by atoms with van der Waals surface area (Å²) in [6.07, 6.45) is 1.72. The highest BCUT2D eigenvalue weighted by molar-refractivity contribution is 7.90. The minimum Gasteiger partial charge on any atom is -0.481 e. The Morgan fingerprint density at radius 2 is 1.85 bits per heavy atom. The molecule has 20 heavy (non-hydrogen) atoms. The molecule has 0 radical (unpaired) electrons. The van der Waals surface area contributed by atoms with E-state index in [4.69, 9.17) is 10.2 Å². The van der Waals surface area contributed by atoms with Crippen molar-refractivity contribution in [3.63, 3.8) is 0 Å². The molecule has 0 unspecified atom stereocenters. The summed E-state index contributed by atoms with van der Waals surface area (Å²) in [6, 6.07) is -0.0923. The summed E-state index contributed by atoms with van der Waals surface area (Å²) in [5, 5.41) is 17.3. The van der Waals surface area contributed by atoms with Crippen LogP contribution in [0.4, 0.5) is 5.95 Å². The van der Waals surface area contributed by atoms with Crippen LogP contribution in [0.3, 0.4) is 0 Å².